The average Bonchev–Trinajstić information content (AvgIpc) is 3.29. The molecule has 0 bridgehead atoms. The molecule has 8 heteroatoms. The Morgan fingerprint density at radius 2 is 1.71 bits per heavy atom. The minimum atomic E-state index is -0.351. The van der Waals surface area contributed by atoms with Gasteiger partial charge in [-0.2, -0.15) is 5.10 Å². The maximum Gasteiger partial charge on any atom is 0.258 e. The van der Waals surface area contributed by atoms with E-state index in [4.69, 9.17) is 11.6 Å². The molecular weight excluding hydrogens is 582 g/mol. The molecule has 1 amide bonds. The van der Waals surface area contributed by atoms with Gasteiger partial charge in [0.25, 0.3) is 11.5 Å². The molecule has 0 radical (unpaired) electrons. The summed E-state index contributed by atoms with van der Waals surface area (Å²) in [7, 11) is 0. The van der Waals surface area contributed by atoms with Gasteiger partial charge in [0.2, 0.25) is 0 Å². The predicted octanol–water partition coefficient (Wildman–Crippen LogP) is 6.64. The summed E-state index contributed by atoms with van der Waals surface area (Å²) in [5.74, 6) is -0.512. The first-order chi connectivity index (χ1) is 16.5. The molecule has 170 valence electrons. The minimum absolute atomic E-state index is 0.198. The number of carbonyl (C=O) groups is 1. The number of carbonyl (C=O) groups excluding carboxylic acids is 1. The maximum absolute atomic E-state index is 13.4. The van der Waals surface area contributed by atoms with Gasteiger partial charge in [-0.15, -0.1) is 11.6 Å². The van der Waals surface area contributed by atoms with Crippen molar-refractivity contribution in [2.75, 3.05) is 5.88 Å². The number of aromatic nitrogens is 1. The van der Waals surface area contributed by atoms with E-state index in [1.54, 1.807) is 0 Å². The summed E-state index contributed by atoms with van der Waals surface area (Å²) in [6.45, 7) is 0. The summed E-state index contributed by atoms with van der Waals surface area (Å²) in [5.41, 5.74) is 4.10. The van der Waals surface area contributed by atoms with Crippen molar-refractivity contribution in [3.8, 4) is 11.1 Å². The monoisotopic (exact) mass is 597 g/mol. The van der Waals surface area contributed by atoms with Crippen molar-refractivity contribution in [3.05, 3.63) is 103 Å². The van der Waals surface area contributed by atoms with E-state index in [1.807, 2.05) is 72.8 Å². The van der Waals surface area contributed by atoms with Crippen molar-refractivity contribution in [3.63, 3.8) is 0 Å². The lowest BCUT2D eigenvalue weighted by atomic mass is 9.91. The van der Waals surface area contributed by atoms with Crippen LogP contribution in [0.3, 0.4) is 0 Å². The van der Waals surface area contributed by atoms with Crippen LogP contribution in [0.2, 0.25) is 0 Å². The van der Waals surface area contributed by atoms with Crippen molar-refractivity contribution in [1.82, 2.24) is 9.99 Å². The van der Waals surface area contributed by atoms with E-state index in [0.717, 1.165) is 36.5 Å². The van der Waals surface area contributed by atoms with Crippen molar-refractivity contribution in [2.45, 2.75) is 12.5 Å². The van der Waals surface area contributed by atoms with Gasteiger partial charge in [-0.05, 0) is 41.5 Å². The Labute approximate surface area is 217 Å². The van der Waals surface area contributed by atoms with E-state index < -0.39 is 0 Å². The van der Waals surface area contributed by atoms with Gasteiger partial charge in [-0.3, -0.25) is 9.59 Å². The summed E-state index contributed by atoms with van der Waals surface area (Å²) in [6.07, 6.45) is 0.396. The van der Waals surface area contributed by atoms with Crippen LogP contribution in [0.25, 0.3) is 22.0 Å². The number of aromatic amines is 1. The number of hydrogen-bond donors (Lipinski definition) is 1. The van der Waals surface area contributed by atoms with E-state index >= 15 is 0 Å². The minimum Gasteiger partial charge on any atom is -0.321 e. The van der Waals surface area contributed by atoms with Crippen molar-refractivity contribution < 1.29 is 4.79 Å². The Kier molecular flexibility index (Phi) is 6.42. The number of hydrazone groups is 1. The molecule has 1 aromatic heterocycles. The molecule has 0 saturated carbocycles. The van der Waals surface area contributed by atoms with Gasteiger partial charge in [0.05, 0.1) is 17.3 Å². The molecule has 5 rings (SSSR count). The van der Waals surface area contributed by atoms with Crippen LogP contribution in [0.15, 0.2) is 91.6 Å². The molecule has 0 fully saturated rings. The highest BCUT2D eigenvalue weighted by Gasteiger charge is 2.35. The van der Waals surface area contributed by atoms with Crippen LogP contribution in [0.5, 0.6) is 0 Å². The third-order valence-corrected chi connectivity index (χ3v) is 7.11. The molecule has 0 aliphatic carbocycles. The number of benzene rings is 3. The van der Waals surface area contributed by atoms with Crippen LogP contribution in [-0.2, 0) is 4.79 Å². The van der Waals surface area contributed by atoms with Crippen LogP contribution in [-0.4, -0.2) is 27.5 Å². The average molecular weight is 600 g/mol. The Morgan fingerprint density at radius 1 is 1.00 bits per heavy atom. The van der Waals surface area contributed by atoms with Gasteiger partial charge in [0.1, 0.15) is 5.88 Å². The molecular formula is C26H18Br2ClN3O2. The highest BCUT2D eigenvalue weighted by Crippen LogP contribution is 2.37. The fourth-order valence-corrected chi connectivity index (χ4v) is 5.09. The number of pyridine rings is 1. The molecule has 0 spiro atoms. The molecule has 4 aromatic rings. The first kappa shape index (κ1) is 23.0. The fraction of sp³-hybridized carbons (Fsp3) is 0.115. The van der Waals surface area contributed by atoms with Crippen molar-refractivity contribution >= 4 is 66.0 Å². The largest absolute Gasteiger partial charge is 0.321 e. The molecule has 0 saturated heterocycles. The number of hydrogen-bond acceptors (Lipinski definition) is 3. The highest BCUT2D eigenvalue weighted by atomic mass is 79.9. The van der Waals surface area contributed by atoms with Crippen molar-refractivity contribution in [1.29, 1.82) is 0 Å². The molecule has 1 aliphatic heterocycles. The second-order valence-electron chi connectivity index (χ2n) is 7.95. The quantitative estimate of drug-likeness (QED) is 0.268. The van der Waals surface area contributed by atoms with E-state index in [9.17, 15) is 9.59 Å². The lowest BCUT2D eigenvalue weighted by Crippen LogP contribution is -2.27. The standard InChI is InChI=1S/C26H18Br2ClN3O2/c27-17-8-6-15(7-9-17)22-13-21(31-32(22)23(33)14-29)25-24(16-4-2-1-3-5-16)19-12-18(28)10-11-20(19)30-26(25)34/h1-12,22H,13-14H2,(H,30,34)/t22-/m1/s1. The Hall–Kier alpha value is -2.74. The summed E-state index contributed by atoms with van der Waals surface area (Å²) in [5, 5.41) is 6.95. The first-order valence-electron chi connectivity index (χ1n) is 10.6. The van der Waals surface area contributed by atoms with Crippen LogP contribution in [0, 0.1) is 0 Å². The van der Waals surface area contributed by atoms with Gasteiger partial charge >= 0.3 is 0 Å². The third-order valence-electron chi connectivity index (χ3n) is 5.86. The van der Waals surface area contributed by atoms with E-state index in [-0.39, 0.29) is 23.4 Å². The van der Waals surface area contributed by atoms with Gasteiger partial charge < -0.3 is 4.98 Å². The molecule has 2 heterocycles. The van der Waals surface area contributed by atoms with E-state index in [0.29, 0.717) is 17.7 Å². The summed E-state index contributed by atoms with van der Waals surface area (Å²) >= 11 is 12.9. The van der Waals surface area contributed by atoms with Crippen molar-refractivity contribution in [2.24, 2.45) is 5.10 Å². The molecule has 3 aromatic carbocycles. The number of halogens is 3. The lowest BCUT2D eigenvalue weighted by Gasteiger charge is -2.21. The van der Waals surface area contributed by atoms with Crippen LogP contribution >= 0.6 is 43.5 Å². The second-order valence-corrected chi connectivity index (χ2v) is 10.0. The first-order valence-corrected chi connectivity index (χ1v) is 12.7. The number of amides is 1. The number of nitrogens with one attached hydrogen (secondary N) is 1. The number of nitrogens with zero attached hydrogens (tertiary/aromatic N) is 2. The third kappa shape index (κ3) is 4.24. The zero-order valence-electron chi connectivity index (χ0n) is 17.8. The molecule has 1 aliphatic rings. The SMILES string of the molecule is O=C(CCl)N1N=C(c2c(-c3ccccc3)c3cc(Br)ccc3[nH]c2=O)C[C@@H]1c1ccc(Br)cc1. The molecule has 34 heavy (non-hydrogen) atoms. The fourth-order valence-electron chi connectivity index (χ4n) is 4.34. The van der Waals surface area contributed by atoms with Crippen LogP contribution in [0.1, 0.15) is 23.6 Å². The number of rotatable bonds is 4. The normalized spacial score (nSPS) is 15.6. The van der Waals surface area contributed by atoms with Gasteiger partial charge in [-0.25, -0.2) is 5.01 Å². The molecule has 1 N–H and O–H groups in total. The van der Waals surface area contributed by atoms with Gasteiger partial charge in [0, 0.05) is 31.8 Å². The Balaban J connectivity index is 1.74. The topological polar surface area (TPSA) is 65.5 Å². The number of alkyl halides is 1. The van der Waals surface area contributed by atoms with Crippen LogP contribution < -0.4 is 5.56 Å². The van der Waals surface area contributed by atoms with E-state index in [2.05, 4.69) is 41.9 Å². The number of H-pyrrole nitrogens is 1. The Morgan fingerprint density at radius 3 is 2.41 bits per heavy atom. The summed E-state index contributed by atoms with van der Waals surface area (Å²) in [6, 6.07) is 22.9. The maximum atomic E-state index is 13.4. The summed E-state index contributed by atoms with van der Waals surface area (Å²) in [4.78, 5) is 29.2. The zero-order valence-corrected chi connectivity index (χ0v) is 21.7. The predicted molar refractivity (Wildman–Crippen MR) is 143 cm³/mol. The number of fused-ring (bicyclic) bond motifs is 1. The molecule has 5 nitrogen and oxygen atoms in total. The second kappa shape index (κ2) is 9.49. The highest BCUT2D eigenvalue weighted by molar-refractivity contribution is 9.10. The molecule has 0 unspecified atom stereocenters. The smallest absolute Gasteiger partial charge is 0.258 e. The van der Waals surface area contributed by atoms with Gasteiger partial charge in [-0.1, -0.05) is 74.3 Å². The summed E-state index contributed by atoms with van der Waals surface area (Å²) < 4.78 is 1.84. The zero-order chi connectivity index (χ0) is 23.8. The molecule has 1 atom stereocenters. The van der Waals surface area contributed by atoms with Gasteiger partial charge in [0.15, 0.2) is 0 Å². The lowest BCUT2D eigenvalue weighted by molar-refractivity contribution is -0.130. The Bertz CT molecular complexity index is 1480. The van der Waals surface area contributed by atoms with Crippen LogP contribution in [0.4, 0.5) is 0 Å². The van der Waals surface area contributed by atoms with E-state index in [1.165, 1.54) is 5.01 Å².